The predicted molar refractivity (Wildman–Crippen MR) is 117 cm³/mol. The van der Waals surface area contributed by atoms with Crippen molar-refractivity contribution in [2.75, 3.05) is 0 Å². The lowest BCUT2D eigenvalue weighted by atomic mass is 10.1. The van der Waals surface area contributed by atoms with E-state index < -0.39 is 5.97 Å². The summed E-state index contributed by atoms with van der Waals surface area (Å²) in [6.45, 7) is 1.94. The highest BCUT2D eigenvalue weighted by molar-refractivity contribution is 9.10. The third kappa shape index (κ3) is 5.76. The molecule has 3 aromatic carbocycles. The van der Waals surface area contributed by atoms with Gasteiger partial charge < -0.3 is 4.74 Å². The highest BCUT2D eigenvalue weighted by Crippen LogP contribution is 2.23. The van der Waals surface area contributed by atoms with Crippen LogP contribution in [0.4, 0.5) is 0 Å². The van der Waals surface area contributed by atoms with E-state index in [4.69, 9.17) is 16.3 Å². The molecule has 0 radical (unpaired) electrons. The zero-order chi connectivity index (χ0) is 20.8. The number of aryl methyl sites for hydroxylation is 1. The Morgan fingerprint density at radius 1 is 1.00 bits per heavy atom. The van der Waals surface area contributed by atoms with Crippen LogP contribution in [0.15, 0.2) is 76.3 Å². The number of benzene rings is 3. The molecule has 0 saturated carbocycles. The van der Waals surface area contributed by atoms with Crippen LogP contribution in [0.5, 0.6) is 5.75 Å². The Kier molecular flexibility index (Phi) is 6.80. The van der Waals surface area contributed by atoms with E-state index in [1.165, 1.54) is 6.21 Å². The first-order valence-corrected chi connectivity index (χ1v) is 9.77. The standard InChI is InChI=1S/C22H16BrClN2O3/c1-14-2-4-16(5-3-14)22(28)29-20-11-8-18(23)12-17(20)13-25-26-21(27)15-6-9-19(24)10-7-15/h2-13H,1H3,(H,26,27). The number of ether oxygens (including phenoxy) is 1. The van der Waals surface area contributed by atoms with Gasteiger partial charge >= 0.3 is 5.97 Å². The predicted octanol–water partition coefficient (Wildman–Crippen LogP) is 5.39. The Labute approximate surface area is 181 Å². The second-order valence-corrected chi connectivity index (χ2v) is 7.50. The monoisotopic (exact) mass is 470 g/mol. The van der Waals surface area contributed by atoms with Crippen molar-refractivity contribution in [2.45, 2.75) is 6.92 Å². The second kappa shape index (κ2) is 9.49. The number of esters is 1. The zero-order valence-corrected chi connectivity index (χ0v) is 17.7. The van der Waals surface area contributed by atoms with Gasteiger partial charge in [0.05, 0.1) is 11.8 Å². The molecule has 0 bridgehead atoms. The Balaban J connectivity index is 1.73. The third-order valence-corrected chi connectivity index (χ3v) is 4.68. The number of carbonyl (C=O) groups excluding carboxylic acids is 2. The molecule has 0 aromatic heterocycles. The topological polar surface area (TPSA) is 67.8 Å². The van der Waals surface area contributed by atoms with Crippen LogP contribution < -0.4 is 10.2 Å². The van der Waals surface area contributed by atoms with Gasteiger partial charge in [0.15, 0.2) is 0 Å². The number of halogens is 2. The fourth-order valence-electron chi connectivity index (χ4n) is 2.39. The van der Waals surface area contributed by atoms with Crippen molar-refractivity contribution >= 4 is 45.6 Å². The highest BCUT2D eigenvalue weighted by Gasteiger charge is 2.12. The summed E-state index contributed by atoms with van der Waals surface area (Å²) < 4.78 is 6.28. The van der Waals surface area contributed by atoms with Gasteiger partial charge in [-0.1, -0.05) is 45.2 Å². The summed E-state index contributed by atoms with van der Waals surface area (Å²) in [4.78, 5) is 24.5. The van der Waals surface area contributed by atoms with Crippen LogP contribution in [0.2, 0.25) is 5.02 Å². The molecule has 0 spiro atoms. The van der Waals surface area contributed by atoms with E-state index in [9.17, 15) is 9.59 Å². The summed E-state index contributed by atoms with van der Waals surface area (Å²) in [7, 11) is 0. The first-order chi connectivity index (χ1) is 13.9. The van der Waals surface area contributed by atoms with Gasteiger partial charge in [0.25, 0.3) is 5.91 Å². The van der Waals surface area contributed by atoms with Gasteiger partial charge in [-0.15, -0.1) is 0 Å². The van der Waals surface area contributed by atoms with Gasteiger partial charge in [0, 0.05) is 20.6 Å². The normalized spacial score (nSPS) is 10.7. The Hall–Kier alpha value is -2.96. The first-order valence-electron chi connectivity index (χ1n) is 8.60. The minimum atomic E-state index is -0.479. The summed E-state index contributed by atoms with van der Waals surface area (Å²) >= 11 is 9.20. The van der Waals surface area contributed by atoms with Crippen molar-refractivity contribution < 1.29 is 14.3 Å². The number of carbonyl (C=O) groups is 2. The summed E-state index contributed by atoms with van der Waals surface area (Å²) in [5, 5.41) is 4.51. The highest BCUT2D eigenvalue weighted by atomic mass is 79.9. The molecule has 146 valence electrons. The SMILES string of the molecule is Cc1ccc(C(=O)Oc2ccc(Br)cc2C=NNC(=O)c2ccc(Cl)cc2)cc1. The molecule has 1 amide bonds. The number of hydrogen-bond donors (Lipinski definition) is 1. The molecule has 0 aliphatic rings. The molecule has 7 heteroatoms. The van der Waals surface area contributed by atoms with Gasteiger partial charge in [0.2, 0.25) is 0 Å². The summed E-state index contributed by atoms with van der Waals surface area (Å²) in [5.74, 6) is -0.540. The molecule has 0 aliphatic heterocycles. The molecular weight excluding hydrogens is 456 g/mol. The molecule has 0 fully saturated rings. The maximum Gasteiger partial charge on any atom is 0.343 e. The van der Waals surface area contributed by atoms with Crippen LogP contribution in [-0.4, -0.2) is 18.1 Å². The summed E-state index contributed by atoms with van der Waals surface area (Å²) in [6, 6.07) is 18.7. The lowest BCUT2D eigenvalue weighted by Crippen LogP contribution is -2.17. The van der Waals surface area contributed by atoms with Crippen LogP contribution in [0.1, 0.15) is 31.8 Å². The van der Waals surface area contributed by atoms with Crippen molar-refractivity contribution in [3.05, 3.63) is 98.5 Å². The quantitative estimate of drug-likeness (QED) is 0.235. The number of hydrogen-bond acceptors (Lipinski definition) is 4. The van der Waals surface area contributed by atoms with Crippen LogP contribution >= 0.6 is 27.5 Å². The Morgan fingerprint density at radius 2 is 1.66 bits per heavy atom. The molecule has 1 N–H and O–H groups in total. The largest absolute Gasteiger partial charge is 0.422 e. The van der Waals surface area contributed by atoms with E-state index in [0.717, 1.165) is 10.0 Å². The van der Waals surface area contributed by atoms with E-state index in [-0.39, 0.29) is 5.91 Å². The van der Waals surface area contributed by atoms with Gasteiger partial charge in [-0.2, -0.15) is 5.10 Å². The van der Waals surface area contributed by atoms with E-state index in [1.807, 2.05) is 19.1 Å². The smallest absolute Gasteiger partial charge is 0.343 e. The molecule has 0 unspecified atom stereocenters. The van der Waals surface area contributed by atoms with Crippen molar-refractivity contribution in [3.63, 3.8) is 0 Å². The minimum Gasteiger partial charge on any atom is -0.422 e. The van der Waals surface area contributed by atoms with Gasteiger partial charge in [-0.3, -0.25) is 4.79 Å². The number of hydrazone groups is 1. The van der Waals surface area contributed by atoms with Crippen LogP contribution in [0, 0.1) is 6.92 Å². The lowest BCUT2D eigenvalue weighted by molar-refractivity contribution is 0.0734. The molecule has 0 saturated heterocycles. The van der Waals surface area contributed by atoms with Gasteiger partial charge in [-0.05, 0) is 61.5 Å². The number of nitrogens with zero attached hydrogens (tertiary/aromatic N) is 1. The van der Waals surface area contributed by atoms with Crippen LogP contribution in [0.3, 0.4) is 0 Å². The molecule has 29 heavy (non-hydrogen) atoms. The van der Waals surface area contributed by atoms with E-state index >= 15 is 0 Å². The molecule has 0 heterocycles. The number of rotatable bonds is 5. The maximum atomic E-state index is 12.4. The molecular formula is C22H16BrClN2O3. The number of amides is 1. The Morgan fingerprint density at radius 3 is 2.34 bits per heavy atom. The van der Waals surface area contributed by atoms with E-state index in [2.05, 4.69) is 26.5 Å². The summed E-state index contributed by atoms with van der Waals surface area (Å²) in [6.07, 6.45) is 1.41. The number of nitrogens with one attached hydrogen (secondary N) is 1. The molecule has 3 rings (SSSR count). The van der Waals surface area contributed by atoms with Gasteiger partial charge in [0.1, 0.15) is 5.75 Å². The average Bonchev–Trinajstić information content (AvgIpc) is 2.70. The second-order valence-electron chi connectivity index (χ2n) is 6.14. The first kappa shape index (κ1) is 20.8. The van der Waals surface area contributed by atoms with Crippen molar-refractivity contribution in [1.29, 1.82) is 0 Å². The molecule has 5 nitrogen and oxygen atoms in total. The maximum absolute atomic E-state index is 12.4. The molecule has 0 aliphatic carbocycles. The minimum absolute atomic E-state index is 0.322. The summed E-state index contributed by atoms with van der Waals surface area (Å²) in [5.41, 5.74) is 4.88. The average molecular weight is 472 g/mol. The van der Waals surface area contributed by atoms with Crippen molar-refractivity contribution in [2.24, 2.45) is 5.10 Å². The fraction of sp³-hybridized carbons (Fsp3) is 0.0455. The molecule has 3 aromatic rings. The lowest BCUT2D eigenvalue weighted by Gasteiger charge is -2.08. The van der Waals surface area contributed by atoms with E-state index in [0.29, 0.717) is 27.5 Å². The Bertz CT molecular complexity index is 1060. The van der Waals surface area contributed by atoms with Crippen LogP contribution in [0.25, 0.3) is 0 Å². The fourth-order valence-corrected chi connectivity index (χ4v) is 2.89. The third-order valence-electron chi connectivity index (χ3n) is 3.94. The van der Waals surface area contributed by atoms with Crippen molar-refractivity contribution in [1.82, 2.24) is 5.43 Å². The van der Waals surface area contributed by atoms with Gasteiger partial charge in [-0.25, -0.2) is 10.2 Å². The van der Waals surface area contributed by atoms with Crippen molar-refractivity contribution in [3.8, 4) is 5.75 Å². The zero-order valence-electron chi connectivity index (χ0n) is 15.4. The van der Waals surface area contributed by atoms with Crippen LogP contribution in [-0.2, 0) is 0 Å². The molecule has 0 atom stereocenters. The van der Waals surface area contributed by atoms with E-state index in [1.54, 1.807) is 54.6 Å².